The highest BCUT2D eigenvalue weighted by Crippen LogP contribution is 2.30. The average Bonchev–Trinajstić information content (AvgIpc) is 2.38. The Balaban J connectivity index is 2.46. The number of nitrogens with two attached hydrogens (primary N) is 1. The fourth-order valence-corrected chi connectivity index (χ4v) is 1.83. The lowest BCUT2D eigenvalue weighted by Crippen LogP contribution is -2.03. The summed E-state index contributed by atoms with van der Waals surface area (Å²) < 4.78 is 24.3. The first kappa shape index (κ1) is 15.6. The maximum atomic E-state index is 13.5. The van der Waals surface area contributed by atoms with E-state index >= 15 is 0 Å². The number of benzene rings is 1. The van der Waals surface area contributed by atoms with E-state index in [4.69, 9.17) is 15.2 Å². The van der Waals surface area contributed by atoms with Crippen LogP contribution in [-0.4, -0.2) is 13.2 Å². The monoisotopic (exact) mass is 269 g/mol. The zero-order chi connectivity index (χ0) is 14.1. The number of unbranched alkanes of at least 4 members (excludes halogenated alkanes) is 4. The number of anilines is 1. The summed E-state index contributed by atoms with van der Waals surface area (Å²) in [5.41, 5.74) is 6.04. The van der Waals surface area contributed by atoms with Crippen LogP contribution in [0.1, 0.15) is 46.0 Å². The summed E-state index contributed by atoms with van der Waals surface area (Å²) in [6.07, 6.45) is 5.84. The molecule has 0 spiro atoms. The van der Waals surface area contributed by atoms with Crippen molar-refractivity contribution in [2.24, 2.45) is 0 Å². The maximum Gasteiger partial charge on any atom is 0.167 e. The standard InChI is InChI=1S/C15H24FNO2/c1-3-5-6-7-8-9-19-15-11-14(18-4-2)12(16)10-13(15)17/h10-11H,3-9,17H2,1-2H3. The third-order valence-electron chi connectivity index (χ3n) is 2.87. The van der Waals surface area contributed by atoms with Gasteiger partial charge in [0.15, 0.2) is 11.6 Å². The predicted molar refractivity (Wildman–Crippen MR) is 76.2 cm³/mol. The normalized spacial score (nSPS) is 10.5. The third kappa shape index (κ3) is 5.37. The van der Waals surface area contributed by atoms with Gasteiger partial charge in [0, 0.05) is 12.1 Å². The summed E-state index contributed by atoms with van der Waals surface area (Å²) in [5.74, 6) is 0.243. The molecule has 0 aliphatic carbocycles. The van der Waals surface area contributed by atoms with E-state index in [1.807, 2.05) is 6.92 Å². The van der Waals surface area contributed by atoms with Crippen LogP contribution in [0.4, 0.5) is 10.1 Å². The van der Waals surface area contributed by atoms with Crippen LogP contribution in [0.3, 0.4) is 0 Å². The van der Waals surface area contributed by atoms with E-state index in [9.17, 15) is 4.39 Å². The first-order valence-corrected chi connectivity index (χ1v) is 7.03. The Kier molecular flexibility index (Phi) is 7.08. The Bertz CT molecular complexity index is 383. The lowest BCUT2D eigenvalue weighted by molar-refractivity contribution is 0.295. The van der Waals surface area contributed by atoms with Gasteiger partial charge in [0.05, 0.1) is 18.9 Å². The number of halogens is 1. The second kappa shape index (κ2) is 8.62. The van der Waals surface area contributed by atoms with Crippen molar-refractivity contribution in [3.63, 3.8) is 0 Å². The second-order valence-corrected chi connectivity index (χ2v) is 4.52. The Hall–Kier alpha value is -1.45. The van der Waals surface area contributed by atoms with E-state index in [2.05, 4.69) is 6.92 Å². The van der Waals surface area contributed by atoms with Gasteiger partial charge in [-0.3, -0.25) is 0 Å². The lowest BCUT2D eigenvalue weighted by Gasteiger charge is -2.12. The highest BCUT2D eigenvalue weighted by molar-refractivity contribution is 5.56. The van der Waals surface area contributed by atoms with Crippen molar-refractivity contribution in [3.8, 4) is 11.5 Å². The molecule has 4 heteroatoms. The summed E-state index contributed by atoms with van der Waals surface area (Å²) in [6.45, 7) is 5.01. The molecular formula is C15H24FNO2. The van der Waals surface area contributed by atoms with E-state index in [0.29, 0.717) is 24.7 Å². The molecule has 0 bridgehead atoms. The molecule has 0 fully saturated rings. The van der Waals surface area contributed by atoms with Gasteiger partial charge in [-0.1, -0.05) is 32.6 Å². The minimum absolute atomic E-state index is 0.192. The molecule has 108 valence electrons. The molecule has 0 radical (unpaired) electrons. The fourth-order valence-electron chi connectivity index (χ4n) is 1.83. The van der Waals surface area contributed by atoms with E-state index in [1.54, 1.807) is 0 Å². The molecule has 0 aliphatic rings. The molecule has 1 aromatic carbocycles. The smallest absolute Gasteiger partial charge is 0.167 e. The molecule has 1 aromatic rings. The number of nitrogen functional groups attached to an aromatic ring is 1. The average molecular weight is 269 g/mol. The van der Waals surface area contributed by atoms with Gasteiger partial charge >= 0.3 is 0 Å². The summed E-state index contributed by atoms with van der Waals surface area (Å²) in [6, 6.07) is 2.78. The quantitative estimate of drug-likeness (QED) is 0.541. The minimum Gasteiger partial charge on any atom is -0.491 e. The summed E-state index contributed by atoms with van der Waals surface area (Å²) in [5, 5.41) is 0. The molecule has 2 N–H and O–H groups in total. The minimum atomic E-state index is -0.449. The van der Waals surface area contributed by atoms with Crippen molar-refractivity contribution in [3.05, 3.63) is 17.9 Å². The van der Waals surface area contributed by atoms with Crippen LogP contribution in [0.25, 0.3) is 0 Å². The highest BCUT2D eigenvalue weighted by atomic mass is 19.1. The van der Waals surface area contributed by atoms with E-state index < -0.39 is 5.82 Å². The molecule has 19 heavy (non-hydrogen) atoms. The first-order valence-electron chi connectivity index (χ1n) is 7.03. The number of rotatable bonds is 9. The van der Waals surface area contributed by atoms with Crippen LogP contribution in [0.15, 0.2) is 12.1 Å². The second-order valence-electron chi connectivity index (χ2n) is 4.52. The zero-order valence-electron chi connectivity index (χ0n) is 11.9. The number of ether oxygens (including phenoxy) is 2. The van der Waals surface area contributed by atoms with Gasteiger partial charge in [-0.05, 0) is 13.3 Å². The largest absolute Gasteiger partial charge is 0.491 e. The molecule has 0 heterocycles. The van der Waals surface area contributed by atoms with E-state index in [1.165, 1.54) is 31.4 Å². The number of hydrogen-bond donors (Lipinski definition) is 1. The van der Waals surface area contributed by atoms with Gasteiger partial charge in [-0.15, -0.1) is 0 Å². The Morgan fingerprint density at radius 1 is 1.00 bits per heavy atom. The van der Waals surface area contributed by atoms with Gasteiger partial charge in [0.1, 0.15) is 5.75 Å². The van der Waals surface area contributed by atoms with Crippen LogP contribution in [-0.2, 0) is 0 Å². The van der Waals surface area contributed by atoms with Gasteiger partial charge in [-0.2, -0.15) is 0 Å². The SMILES string of the molecule is CCCCCCCOc1cc(OCC)c(F)cc1N. The van der Waals surface area contributed by atoms with Gasteiger partial charge < -0.3 is 15.2 Å². The van der Waals surface area contributed by atoms with Crippen LogP contribution < -0.4 is 15.2 Å². The molecule has 0 aliphatic heterocycles. The van der Waals surface area contributed by atoms with Gasteiger partial charge in [0.2, 0.25) is 0 Å². The molecule has 0 amide bonds. The zero-order valence-corrected chi connectivity index (χ0v) is 11.9. The molecule has 1 rings (SSSR count). The molecule has 0 aromatic heterocycles. The summed E-state index contributed by atoms with van der Waals surface area (Å²) in [7, 11) is 0. The predicted octanol–water partition coefficient (Wildman–Crippen LogP) is 4.16. The Labute approximate surface area is 114 Å². The van der Waals surface area contributed by atoms with Crippen molar-refractivity contribution in [2.75, 3.05) is 18.9 Å². The molecular weight excluding hydrogens is 245 g/mol. The van der Waals surface area contributed by atoms with Crippen LogP contribution in [0.2, 0.25) is 0 Å². The lowest BCUT2D eigenvalue weighted by atomic mass is 10.2. The van der Waals surface area contributed by atoms with E-state index in [-0.39, 0.29) is 5.75 Å². The highest BCUT2D eigenvalue weighted by Gasteiger charge is 2.09. The molecule has 0 unspecified atom stereocenters. The summed E-state index contributed by atoms with van der Waals surface area (Å²) in [4.78, 5) is 0. The topological polar surface area (TPSA) is 44.5 Å². The van der Waals surface area contributed by atoms with E-state index in [0.717, 1.165) is 12.8 Å². The van der Waals surface area contributed by atoms with Crippen molar-refractivity contribution in [1.82, 2.24) is 0 Å². The molecule has 0 atom stereocenters. The van der Waals surface area contributed by atoms with Crippen LogP contribution in [0, 0.1) is 5.82 Å². The first-order chi connectivity index (χ1) is 9.19. The maximum absolute atomic E-state index is 13.5. The van der Waals surface area contributed by atoms with Crippen LogP contribution >= 0.6 is 0 Å². The van der Waals surface area contributed by atoms with Crippen molar-refractivity contribution >= 4 is 5.69 Å². The Morgan fingerprint density at radius 2 is 1.74 bits per heavy atom. The molecule has 3 nitrogen and oxygen atoms in total. The van der Waals surface area contributed by atoms with Crippen molar-refractivity contribution in [2.45, 2.75) is 46.0 Å². The third-order valence-corrected chi connectivity index (χ3v) is 2.87. The van der Waals surface area contributed by atoms with Gasteiger partial charge in [0.25, 0.3) is 0 Å². The Morgan fingerprint density at radius 3 is 2.42 bits per heavy atom. The molecule has 0 saturated heterocycles. The molecule has 0 saturated carbocycles. The fraction of sp³-hybridized carbons (Fsp3) is 0.600. The van der Waals surface area contributed by atoms with Crippen molar-refractivity contribution in [1.29, 1.82) is 0 Å². The summed E-state index contributed by atoms with van der Waals surface area (Å²) >= 11 is 0. The van der Waals surface area contributed by atoms with Crippen molar-refractivity contribution < 1.29 is 13.9 Å². The van der Waals surface area contributed by atoms with Gasteiger partial charge in [-0.25, -0.2) is 4.39 Å². The number of hydrogen-bond acceptors (Lipinski definition) is 3. The van der Waals surface area contributed by atoms with Crippen LogP contribution in [0.5, 0.6) is 11.5 Å².